The second-order valence-corrected chi connectivity index (χ2v) is 6.72. The van der Waals surface area contributed by atoms with Crippen molar-refractivity contribution in [2.24, 2.45) is 0 Å². The number of amides is 1. The van der Waals surface area contributed by atoms with E-state index in [0.29, 0.717) is 19.0 Å². The summed E-state index contributed by atoms with van der Waals surface area (Å²) in [5, 5.41) is 3.79. The molecule has 0 radical (unpaired) electrons. The van der Waals surface area contributed by atoms with Crippen LogP contribution in [0.4, 0.5) is 13.2 Å². The van der Waals surface area contributed by atoms with Gasteiger partial charge in [0.05, 0.1) is 11.5 Å². The highest BCUT2D eigenvalue weighted by atomic mass is 19.4. The third-order valence-electron chi connectivity index (χ3n) is 4.65. The molecular formula is C21H16F3N3O2. The molecule has 4 rings (SSSR count). The van der Waals surface area contributed by atoms with E-state index in [2.05, 4.69) is 10.1 Å². The highest BCUT2D eigenvalue weighted by molar-refractivity contribution is 5.92. The fourth-order valence-corrected chi connectivity index (χ4v) is 3.00. The van der Waals surface area contributed by atoms with Gasteiger partial charge in [0, 0.05) is 24.7 Å². The molecule has 29 heavy (non-hydrogen) atoms. The highest BCUT2D eigenvalue weighted by Gasteiger charge is 2.35. The van der Waals surface area contributed by atoms with Crippen LogP contribution in [-0.2, 0) is 11.0 Å². The molecule has 2 heterocycles. The molecule has 0 unspecified atom stereocenters. The number of benzene rings is 2. The Bertz CT molecular complexity index is 1040. The second-order valence-electron chi connectivity index (χ2n) is 6.72. The van der Waals surface area contributed by atoms with Gasteiger partial charge in [0.15, 0.2) is 0 Å². The van der Waals surface area contributed by atoms with Crippen LogP contribution in [0.3, 0.4) is 0 Å². The number of carbonyl (C=O) groups is 1. The molecule has 0 spiro atoms. The topological polar surface area (TPSA) is 59.2 Å². The molecule has 0 bridgehead atoms. The van der Waals surface area contributed by atoms with Crippen LogP contribution in [-0.4, -0.2) is 34.0 Å². The minimum Gasteiger partial charge on any atom is -0.339 e. The number of halogens is 3. The molecule has 1 saturated heterocycles. The molecule has 0 saturated carbocycles. The third-order valence-corrected chi connectivity index (χ3v) is 4.65. The molecule has 1 aromatic heterocycles. The van der Waals surface area contributed by atoms with Gasteiger partial charge in [-0.1, -0.05) is 47.6 Å². The van der Waals surface area contributed by atoms with Crippen molar-refractivity contribution in [2.75, 3.05) is 13.1 Å². The molecule has 0 atom stereocenters. The van der Waals surface area contributed by atoms with E-state index in [-0.39, 0.29) is 23.2 Å². The number of rotatable bonds is 4. The first-order chi connectivity index (χ1) is 13.9. The van der Waals surface area contributed by atoms with E-state index in [1.807, 2.05) is 30.3 Å². The van der Waals surface area contributed by atoms with Gasteiger partial charge in [0.25, 0.3) is 0 Å². The lowest BCUT2D eigenvalue weighted by Gasteiger charge is -2.36. The van der Waals surface area contributed by atoms with E-state index in [1.54, 1.807) is 11.0 Å². The summed E-state index contributed by atoms with van der Waals surface area (Å²) in [6.07, 6.45) is -1.19. The van der Waals surface area contributed by atoms with Crippen LogP contribution in [0.1, 0.15) is 22.9 Å². The zero-order valence-electron chi connectivity index (χ0n) is 15.1. The lowest BCUT2D eigenvalue weighted by Crippen LogP contribution is -2.47. The first-order valence-corrected chi connectivity index (χ1v) is 8.93. The Morgan fingerprint density at radius 1 is 1.10 bits per heavy atom. The van der Waals surface area contributed by atoms with Crippen LogP contribution in [0.25, 0.3) is 17.5 Å². The number of hydrogen-bond donors (Lipinski definition) is 0. The first kappa shape index (κ1) is 18.9. The van der Waals surface area contributed by atoms with Crippen molar-refractivity contribution in [3.05, 3.63) is 77.7 Å². The zero-order chi connectivity index (χ0) is 20.4. The monoisotopic (exact) mass is 399 g/mol. The minimum atomic E-state index is -4.44. The SMILES string of the molecule is O=C(C=Cc1ccccc1)N1CC(c2nc(-c3cccc(C(F)(F)F)c3)no2)C1. The molecule has 1 fully saturated rings. The maximum absolute atomic E-state index is 12.9. The van der Waals surface area contributed by atoms with E-state index >= 15 is 0 Å². The summed E-state index contributed by atoms with van der Waals surface area (Å²) in [6, 6.07) is 14.3. The first-order valence-electron chi connectivity index (χ1n) is 8.93. The van der Waals surface area contributed by atoms with Crippen LogP contribution in [0.5, 0.6) is 0 Å². The van der Waals surface area contributed by atoms with Crippen LogP contribution in [0.15, 0.2) is 65.2 Å². The summed E-state index contributed by atoms with van der Waals surface area (Å²) in [5.74, 6) is 0.159. The van der Waals surface area contributed by atoms with Crippen LogP contribution < -0.4 is 0 Å². The van der Waals surface area contributed by atoms with Crippen LogP contribution in [0.2, 0.25) is 0 Å². The smallest absolute Gasteiger partial charge is 0.339 e. The van der Waals surface area contributed by atoms with Gasteiger partial charge in [0.1, 0.15) is 0 Å². The van der Waals surface area contributed by atoms with E-state index < -0.39 is 11.7 Å². The average molecular weight is 399 g/mol. The van der Waals surface area contributed by atoms with Crippen molar-refractivity contribution in [1.29, 1.82) is 0 Å². The molecular weight excluding hydrogens is 383 g/mol. The highest BCUT2D eigenvalue weighted by Crippen LogP contribution is 2.32. The van der Waals surface area contributed by atoms with Crippen molar-refractivity contribution < 1.29 is 22.5 Å². The Labute approximate surface area is 164 Å². The van der Waals surface area contributed by atoms with E-state index in [4.69, 9.17) is 4.52 Å². The summed E-state index contributed by atoms with van der Waals surface area (Å²) in [6.45, 7) is 0.838. The van der Waals surface area contributed by atoms with Gasteiger partial charge in [-0.3, -0.25) is 4.79 Å². The van der Waals surface area contributed by atoms with E-state index in [0.717, 1.165) is 17.7 Å². The van der Waals surface area contributed by atoms with Crippen molar-refractivity contribution in [3.63, 3.8) is 0 Å². The maximum atomic E-state index is 12.9. The molecule has 148 valence electrons. The molecule has 5 nitrogen and oxygen atoms in total. The third kappa shape index (κ3) is 4.21. The number of nitrogens with zero attached hydrogens (tertiary/aromatic N) is 3. The lowest BCUT2D eigenvalue weighted by atomic mass is 10.00. The Morgan fingerprint density at radius 3 is 2.59 bits per heavy atom. The number of hydrogen-bond acceptors (Lipinski definition) is 4. The summed E-state index contributed by atoms with van der Waals surface area (Å²) in [7, 11) is 0. The number of likely N-dealkylation sites (tertiary alicyclic amines) is 1. The summed E-state index contributed by atoms with van der Waals surface area (Å²) >= 11 is 0. The minimum absolute atomic E-state index is 0.0971. The fourth-order valence-electron chi connectivity index (χ4n) is 3.00. The van der Waals surface area contributed by atoms with Crippen molar-refractivity contribution >= 4 is 12.0 Å². The van der Waals surface area contributed by atoms with Gasteiger partial charge in [-0.15, -0.1) is 0 Å². The molecule has 3 aromatic rings. The number of alkyl halides is 3. The normalized spacial score (nSPS) is 14.9. The molecule has 2 aromatic carbocycles. The van der Waals surface area contributed by atoms with Crippen molar-refractivity contribution in [1.82, 2.24) is 15.0 Å². The van der Waals surface area contributed by atoms with Crippen LogP contribution >= 0.6 is 0 Å². The number of aromatic nitrogens is 2. The largest absolute Gasteiger partial charge is 0.416 e. The van der Waals surface area contributed by atoms with Gasteiger partial charge in [-0.25, -0.2) is 0 Å². The van der Waals surface area contributed by atoms with Gasteiger partial charge in [0.2, 0.25) is 17.6 Å². The maximum Gasteiger partial charge on any atom is 0.416 e. The quantitative estimate of drug-likeness (QED) is 0.611. The average Bonchev–Trinajstić information content (AvgIpc) is 3.15. The molecule has 8 heteroatoms. The second kappa shape index (κ2) is 7.54. The molecule has 1 amide bonds. The number of carbonyl (C=O) groups excluding carboxylic acids is 1. The van der Waals surface area contributed by atoms with E-state index in [1.165, 1.54) is 18.2 Å². The Balaban J connectivity index is 1.38. The van der Waals surface area contributed by atoms with Gasteiger partial charge >= 0.3 is 6.18 Å². The van der Waals surface area contributed by atoms with Crippen molar-refractivity contribution in [2.45, 2.75) is 12.1 Å². The molecule has 1 aliphatic rings. The molecule has 0 aliphatic carbocycles. The van der Waals surface area contributed by atoms with Gasteiger partial charge < -0.3 is 9.42 Å². The molecule has 1 aliphatic heterocycles. The lowest BCUT2D eigenvalue weighted by molar-refractivity contribution is -0.137. The Kier molecular flexibility index (Phi) is 4.92. The predicted octanol–water partition coefficient (Wildman–Crippen LogP) is 4.39. The van der Waals surface area contributed by atoms with Gasteiger partial charge in [-0.2, -0.15) is 18.2 Å². The predicted molar refractivity (Wildman–Crippen MR) is 99.5 cm³/mol. The summed E-state index contributed by atoms with van der Waals surface area (Å²) < 4.78 is 43.8. The van der Waals surface area contributed by atoms with E-state index in [9.17, 15) is 18.0 Å². The fraction of sp³-hybridized carbons (Fsp3) is 0.190. The summed E-state index contributed by atoms with van der Waals surface area (Å²) in [4.78, 5) is 18.0. The zero-order valence-corrected chi connectivity index (χ0v) is 15.1. The van der Waals surface area contributed by atoms with Gasteiger partial charge in [-0.05, 0) is 23.8 Å². The standard InChI is InChI=1S/C21H16F3N3O2/c22-21(23,24)17-8-4-7-15(11-17)19-25-20(29-26-19)16-12-27(13-16)18(28)10-9-14-5-2-1-3-6-14/h1-11,16H,12-13H2. The molecule has 0 N–H and O–H groups in total. The Hall–Kier alpha value is -3.42. The summed E-state index contributed by atoms with van der Waals surface area (Å²) in [5.41, 5.74) is 0.389. The Morgan fingerprint density at radius 2 is 1.86 bits per heavy atom. The van der Waals surface area contributed by atoms with Crippen molar-refractivity contribution in [3.8, 4) is 11.4 Å². The van der Waals surface area contributed by atoms with Crippen LogP contribution in [0, 0.1) is 0 Å².